The van der Waals surface area contributed by atoms with Crippen molar-refractivity contribution in [2.45, 2.75) is 12.8 Å². The van der Waals surface area contributed by atoms with Gasteiger partial charge in [0.2, 0.25) is 0 Å². The van der Waals surface area contributed by atoms with E-state index < -0.39 is 0 Å². The lowest BCUT2D eigenvalue weighted by molar-refractivity contribution is 0.256. The highest BCUT2D eigenvalue weighted by atomic mass is 79.9. The lowest BCUT2D eigenvalue weighted by Crippen LogP contribution is -2.20. The molecule has 2 heteroatoms. The van der Waals surface area contributed by atoms with Crippen molar-refractivity contribution in [3.8, 4) is 5.75 Å². The molecular weight excluding hydrogens is 240 g/mol. The molecule has 1 heterocycles. The second-order valence-corrected chi connectivity index (χ2v) is 5.10. The van der Waals surface area contributed by atoms with Crippen LogP contribution in [0.1, 0.15) is 18.4 Å². The molecule has 2 aliphatic rings. The first-order valence-corrected chi connectivity index (χ1v) is 5.63. The molecule has 0 amide bonds. The second-order valence-electron chi connectivity index (χ2n) is 4.19. The van der Waals surface area contributed by atoms with Crippen molar-refractivity contribution in [3.05, 3.63) is 34.8 Å². The number of ether oxygens (including phenoxy) is 1. The largest absolute Gasteiger partial charge is 0.492 e. The third-order valence-electron chi connectivity index (χ3n) is 3.26. The van der Waals surface area contributed by atoms with E-state index in [0.717, 1.165) is 16.8 Å². The predicted octanol–water partition coefficient (Wildman–Crippen LogP) is 3.63. The summed E-state index contributed by atoms with van der Waals surface area (Å²) in [6.07, 6.45) is 2.47. The van der Waals surface area contributed by atoms with Crippen molar-refractivity contribution in [1.82, 2.24) is 0 Å². The van der Waals surface area contributed by atoms with Crippen molar-refractivity contribution in [2.75, 3.05) is 6.61 Å². The maximum absolute atomic E-state index is 5.74. The molecule has 72 valence electrons. The molecule has 3 rings (SSSR count). The van der Waals surface area contributed by atoms with Gasteiger partial charge >= 0.3 is 0 Å². The van der Waals surface area contributed by atoms with Crippen molar-refractivity contribution in [1.29, 1.82) is 0 Å². The fourth-order valence-electron chi connectivity index (χ4n) is 2.05. The molecule has 0 aromatic heterocycles. The zero-order valence-electron chi connectivity index (χ0n) is 7.85. The molecule has 1 aromatic carbocycles. The molecule has 0 unspecified atom stereocenters. The van der Waals surface area contributed by atoms with E-state index in [1.165, 1.54) is 24.0 Å². The van der Waals surface area contributed by atoms with E-state index in [4.69, 9.17) is 4.74 Å². The van der Waals surface area contributed by atoms with Gasteiger partial charge in [0.15, 0.2) is 0 Å². The van der Waals surface area contributed by atoms with Crippen LogP contribution in [0.4, 0.5) is 0 Å². The Labute approximate surface area is 91.9 Å². The van der Waals surface area contributed by atoms with Gasteiger partial charge in [-0.1, -0.05) is 22.5 Å². The highest BCUT2D eigenvalue weighted by Crippen LogP contribution is 2.58. The van der Waals surface area contributed by atoms with Gasteiger partial charge in [0.25, 0.3) is 0 Å². The topological polar surface area (TPSA) is 9.23 Å². The van der Waals surface area contributed by atoms with Crippen LogP contribution >= 0.6 is 15.9 Å². The number of hydrogen-bond donors (Lipinski definition) is 0. The summed E-state index contributed by atoms with van der Waals surface area (Å²) < 4.78 is 6.84. The van der Waals surface area contributed by atoms with Gasteiger partial charge < -0.3 is 4.74 Å². The maximum Gasteiger partial charge on any atom is 0.126 e. The van der Waals surface area contributed by atoms with E-state index in [1.807, 2.05) is 12.1 Å². The second kappa shape index (κ2) is 2.63. The zero-order chi connectivity index (χ0) is 9.76. The summed E-state index contributed by atoms with van der Waals surface area (Å²) in [4.78, 5) is 0. The zero-order valence-corrected chi connectivity index (χ0v) is 9.43. The first kappa shape index (κ1) is 8.54. The Morgan fingerprint density at radius 2 is 2.14 bits per heavy atom. The fourth-order valence-corrected chi connectivity index (χ4v) is 2.41. The minimum Gasteiger partial charge on any atom is -0.492 e. The first-order valence-electron chi connectivity index (χ1n) is 4.83. The summed E-state index contributed by atoms with van der Waals surface area (Å²) in [5.74, 6) is 0.982. The Balaban J connectivity index is 2.13. The third-order valence-corrected chi connectivity index (χ3v) is 3.76. The highest BCUT2D eigenvalue weighted by molar-refractivity contribution is 9.10. The summed E-state index contributed by atoms with van der Waals surface area (Å²) in [7, 11) is 0. The summed E-state index contributed by atoms with van der Waals surface area (Å²) in [5, 5.41) is 0. The average Bonchev–Trinajstić information content (AvgIpc) is 2.94. The van der Waals surface area contributed by atoms with Gasteiger partial charge in [0, 0.05) is 15.5 Å². The van der Waals surface area contributed by atoms with Gasteiger partial charge in [-0.05, 0) is 36.6 Å². The number of rotatable bonds is 0. The summed E-state index contributed by atoms with van der Waals surface area (Å²) >= 11 is 3.48. The standard InChI is InChI=1S/C12H11BrO/c1-8-10-6-9(13)2-3-11(10)14-7-12(8)4-5-12/h2-3,6H,1,4-5,7H2. The Morgan fingerprint density at radius 1 is 1.36 bits per heavy atom. The quantitative estimate of drug-likeness (QED) is 0.684. The monoisotopic (exact) mass is 250 g/mol. The normalized spacial score (nSPS) is 21.6. The van der Waals surface area contributed by atoms with E-state index in [-0.39, 0.29) is 5.41 Å². The summed E-state index contributed by atoms with van der Waals surface area (Å²) in [6.45, 7) is 5.03. The van der Waals surface area contributed by atoms with Gasteiger partial charge in [-0.15, -0.1) is 0 Å². The van der Waals surface area contributed by atoms with Gasteiger partial charge in [-0.3, -0.25) is 0 Å². The lowest BCUT2D eigenvalue weighted by atomic mass is 9.89. The van der Waals surface area contributed by atoms with Crippen LogP contribution < -0.4 is 4.74 Å². The molecule has 1 saturated carbocycles. The van der Waals surface area contributed by atoms with Gasteiger partial charge in [0.1, 0.15) is 5.75 Å². The van der Waals surface area contributed by atoms with Crippen LogP contribution in [-0.2, 0) is 0 Å². The molecular formula is C12H11BrO. The van der Waals surface area contributed by atoms with Crippen LogP contribution in [0.5, 0.6) is 5.75 Å². The maximum atomic E-state index is 5.74. The lowest BCUT2D eigenvalue weighted by Gasteiger charge is -2.27. The minimum atomic E-state index is 0.286. The van der Waals surface area contributed by atoms with Crippen LogP contribution in [0.25, 0.3) is 5.57 Å². The molecule has 0 N–H and O–H groups in total. The van der Waals surface area contributed by atoms with E-state index in [1.54, 1.807) is 0 Å². The molecule has 1 aliphatic carbocycles. The molecule has 14 heavy (non-hydrogen) atoms. The van der Waals surface area contributed by atoms with Crippen LogP contribution in [0, 0.1) is 5.41 Å². The number of halogens is 1. The Kier molecular flexibility index (Phi) is 1.61. The number of benzene rings is 1. The predicted molar refractivity (Wildman–Crippen MR) is 60.3 cm³/mol. The SMILES string of the molecule is C=C1c2cc(Br)ccc2OCC12CC2. The van der Waals surface area contributed by atoms with Gasteiger partial charge in [-0.25, -0.2) is 0 Å². The van der Waals surface area contributed by atoms with Gasteiger partial charge in [-0.2, -0.15) is 0 Å². The molecule has 0 saturated heterocycles. The van der Waals surface area contributed by atoms with Crippen LogP contribution in [0.3, 0.4) is 0 Å². The van der Waals surface area contributed by atoms with Crippen molar-refractivity contribution in [2.24, 2.45) is 5.41 Å². The van der Waals surface area contributed by atoms with Crippen molar-refractivity contribution >= 4 is 21.5 Å². The summed E-state index contributed by atoms with van der Waals surface area (Å²) in [5.41, 5.74) is 2.73. The van der Waals surface area contributed by atoms with E-state index >= 15 is 0 Å². The number of hydrogen-bond acceptors (Lipinski definition) is 1. The van der Waals surface area contributed by atoms with Crippen molar-refractivity contribution in [3.63, 3.8) is 0 Å². The Bertz CT molecular complexity index is 418. The highest BCUT2D eigenvalue weighted by Gasteiger charge is 2.49. The van der Waals surface area contributed by atoms with E-state index in [0.29, 0.717) is 0 Å². The first-order chi connectivity index (χ1) is 6.71. The Hall–Kier alpha value is -0.760. The molecule has 1 aliphatic heterocycles. The minimum absolute atomic E-state index is 0.286. The van der Waals surface area contributed by atoms with E-state index in [2.05, 4.69) is 28.6 Å². The Morgan fingerprint density at radius 3 is 2.86 bits per heavy atom. The number of fused-ring (bicyclic) bond motifs is 1. The molecule has 0 radical (unpaired) electrons. The molecule has 0 atom stereocenters. The summed E-state index contributed by atoms with van der Waals surface area (Å²) in [6, 6.07) is 6.13. The smallest absolute Gasteiger partial charge is 0.126 e. The fraction of sp³-hybridized carbons (Fsp3) is 0.333. The molecule has 1 nitrogen and oxygen atoms in total. The van der Waals surface area contributed by atoms with E-state index in [9.17, 15) is 0 Å². The molecule has 1 fully saturated rings. The third kappa shape index (κ3) is 1.07. The van der Waals surface area contributed by atoms with Crippen LogP contribution in [-0.4, -0.2) is 6.61 Å². The molecule has 0 bridgehead atoms. The van der Waals surface area contributed by atoms with Crippen molar-refractivity contribution < 1.29 is 4.74 Å². The van der Waals surface area contributed by atoms with Crippen LogP contribution in [0.15, 0.2) is 29.3 Å². The average molecular weight is 251 g/mol. The molecule has 1 spiro atoms. The van der Waals surface area contributed by atoms with Crippen LogP contribution in [0.2, 0.25) is 0 Å². The van der Waals surface area contributed by atoms with Gasteiger partial charge in [0.05, 0.1) is 6.61 Å². The molecule has 1 aromatic rings.